The predicted molar refractivity (Wildman–Crippen MR) is 117 cm³/mol. The van der Waals surface area contributed by atoms with Crippen LogP contribution in [-0.4, -0.2) is 35.4 Å². The Bertz CT molecular complexity index is 1010. The predicted octanol–water partition coefficient (Wildman–Crippen LogP) is 4.00. The van der Waals surface area contributed by atoms with Gasteiger partial charge in [-0.2, -0.15) is 0 Å². The number of carboxylic acids is 1. The molecule has 1 saturated heterocycles. The third kappa shape index (κ3) is 5.21. The van der Waals surface area contributed by atoms with Crippen molar-refractivity contribution in [2.75, 3.05) is 7.11 Å². The second-order valence-corrected chi connectivity index (χ2v) is 7.54. The van der Waals surface area contributed by atoms with Crippen LogP contribution in [0.3, 0.4) is 0 Å². The number of aliphatic imine (C=N–C) groups is 1. The number of benzene rings is 2. The Morgan fingerprint density at radius 1 is 1.23 bits per heavy atom. The van der Waals surface area contributed by atoms with Crippen molar-refractivity contribution in [3.63, 3.8) is 0 Å². The van der Waals surface area contributed by atoms with Gasteiger partial charge in [0.2, 0.25) is 0 Å². The largest absolute Gasteiger partial charge is 0.493 e. The Hall–Kier alpha value is -3.26. The molecule has 3 rings (SSSR count). The lowest BCUT2D eigenvalue weighted by Crippen LogP contribution is -2.23. The number of nitrogens with one attached hydrogen (secondary N) is 1. The van der Waals surface area contributed by atoms with Crippen molar-refractivity contribution in [2.24, 2.45) is 4.99 Å². The number of aryl methyl sites for hydroxylation is 1. The third-order valence-electron chi connectivity index (χ3n) is 4.36. The monoisotopic (exact) mass is 426 g/mol. The molecule has 1 amide bonds. The van der Waals surface area contributed by atoms with E-state index in [1.54, 1.807) is 24.3 Å². The molecule has 0 bridgehead atoms. The van der Waals surface area contributed by atoms with E-state index in [0.717, 1.165) is 12.1 Å². The highest BCUT2D eigenvalue weighted by Crippen LogP contribution is 2.32. The minimum absolute atomic E-state index is 0.234. The highest BCUT2D eigenvalue weighted by Gasteiger charge is 2.24. The van der Waals surface area contributed by atoms with E-state index in [0.29, 0.717) is 27.1 Å². The molecule has 1 fully saturated rings. The van der Waals surface area contributed by atoms with Gasteiger partial charge in [0.25, 0.3) is 5.91 Å². The molecule has 1 unspecified atom stereocenters. The fourth-order valence-corrected chi connectivity index (χ4v) is 3.51. The zero-order chi connectivity index (χ0) is 21.7. The maximum absolute atomic E-state index is 12.3. The number of thioether (sulfide) groups is 1. The molecule has 2 aromatic rings. The van der Waals surface area contributed by atoms with Gasteiger partial charge in [-0.1, -0.05) is 25.1 Å². The highest BCUT2D eigenvalue weighted by atomic mass is 32.2. The van der Waals surface area contributed by atoms with Crippen LogP contribution in [0, 0.1) is 0 Å². The number of carbonyl (C=O) groups is 2. The molecule has 0 saturated carbocycles. The lowest BCUT2D eigenvalue weighted by Gasteiger charge is -2.14. The van der Waals surface area contributed by atoms with Gasteiger partial charge in [-0.15, -0.1) is 0 Å². The maximum Gasteiger partial charge on any atom is 0.344 e. The van der Waals surface area contributed by atoms with Crippen LogP contribution in [0.1, 0.15) is 25.0 Å². The number of rotatable bonds is 7. The smallest absolute Gasteiger partial charge is 0.344 e. The first-order chi connectivity index (χ1) is 14.4. The Balaban J connectivity index is 1.78. The molecule has 1 aliphatic rings. The van der Waals surface area contributed by atoms with E-state index in [1.807, 2.05) is 24.3 Å². The number of hydrogen-bond acceptors (Lipinski definition) is 6. The average Bonchev–Trinajstić information content (AvgIpc) is 3.08. The van der Waals surface area contributed by atoms with Crippen LogP contribution in [0.4, 0.5) is 5.69 Å². The minimum atomic E-state index is -1.07. The van der Waals surface area contributed by atoms with Crippen LogP contribution in [0.2, 0.25) is 0 Å². The number of carbonyl (C=O) groups excluding carboxylic acids is 1. The van der Waals surface area contributed by atoms with E-state index in [9.17, 15) is 9.59 Å². The fraction of sp³-hybridized carbons (Fsp3) is 0.227. The summed E-state index contributed by atoms with van der Waals surface area (Å²) in [7, 11) is 1.47. The van der Waals surface area contributed by atoms with Gasteiger partial charge in [0.05, 0.1) is 17.7 Å². The van der Waals surface area contributed by atoms with E-state index in [1.165, 1.54) is 31.4 Å². The van der Waals surface area contributed by atoms with Crippen LogP contribution < -0.4 is 14.8 Å². The molecule has 1 atom stereocenters. The molecule has 30 heavy (non-hydrogen) atoms. The Kier molecular flexibility index (Phi) is 6.79. The molecule has 1 heterocycles. The van der Waals surface area contributed by atoms with Gasteiger partial charge in [-0.05, 0) is 66.6 Å². The van der Waals surface area contributed by atoms with Crippen LogP contribution >= 0.6 is 11.8 Å². The topological polar surface area (TPSA) is 97.2 Å². The van der Waals surface area contributed by atoms with Gasteiger partial charge in [0, 0.05) is 0 Å². The van der Waals surface area contributed by atoms with Crippen molar-refractivity contribution in [2.45, 2.75) is 26.4 Å². The first-order valence-corrected chi connectivity index (χ1v) is 10.2. The maximum atomic E-state index is 12.3. The van der Waals surface area contributed by atoms with Gasteiger partial charge in [0.15, 0.2) is 22.8 Å². The van der Waals surface area contributed by atoms with Crippen LogP contribution in [0.25, 0.3) is 6.08 Å². The summed E-state index contributed by atoms with van der Waals surface area (Å²) in [6.45, 7) is 3.53. The molecule has 7 nitrogen and oxygen atoms in total. The fourth-order valence-electron chi connectivity index (χ4n) is 2.67. The van der Waals surface area contributed by atoms with Gasteiger partial charge in [-0.3, -0.25) is 4.79 Å². The summed E-state index contributed by atoms with van der Waals surface area (Å²) in [6, 6.07) is 12.9. The van der Waals surface area contributed by atoms with Crippen molar-refractivity contribution >= 4 is 40.6 Å². The van der Waals surface area contributed by atoms with E-state index in [2.05, 4.69) is 17.2 Å². The second-order valence-electron chi connectivity index (χ2n) is 6.51. The SMILES string of the molecule is CCc1ccc(N=C2NC(=O)/C(=C\c3ccc(OC(C)C(=O)O)c(OC)c3)S2)cc1. The number of amidine groups is 1. The number of nitrogens with zero attached hydrogens (tertiary/aromatic N) is 1. The van der Waals surface area contributed by atoms with Crippen molar-refractivity contribution in [3.8, 4) is 11.5 Å². The lowest BCUT2D eigenvalue weighted by atomic mass is 10.2. The quantitative estimate of drug-likeness (QED) is 0.650. The highest BCUT2D eigenvalue weighted by molar-refractivity contribution is 8.18. The van der Waals surface area contributed by atoms with Gasteiger partial charge in [-0.25, -0.2) is 9.79 Å². The van der Waals surface area contributed by atoms with E-state index in [-0.39, 0.29) is 5.91 Å². The molecule has 0 radical (unpaired) electrons. The summed E-state index contributed by atoms with van der Waals surface area (Å²) in [5, 5.41) is 12.3. The molecule has 2 N–H and O–H groups in total. The van der Waals surface area contributed by atoms with Gasteiger partial charge >= 0.3 is 5.97 Å². The van der Waals surface area contributed by atoms with Crippen molar-refractivity contribution in [3.05, 3.63) is 58.5 Å². The first kappa shape index (κ1) is 21.4. The lowest BCUT2D eigenvalue weighted by molar-refractivity contribution is -0.144. The van der Waals surface area contributed by atoms with Crippen molar-refractivity contribution in [1.82, 2.24) is 5.32 Å². The van der Waals surface area contributed by atoms with E-state index < -0.39 is 12.1 Å². The Morgan fingerprint density at radius 3 is 2.60 bits per heavy atom. The average molecular weight is 426 g/mol. The number of carboxylic acid groups (broad SMARTS) is 1. The number of methoxy groups -OCH3 is 1. The summed E-state index contributed by atoms with van der Waals surface area (Å²) < 4.78 is 10.7. The summed E-state index contributed by atoms with van der Waals surface area (Å²) in [4.78, 5) is 28.3. The van der Waals surface area contributed by atoms with Crippen molar-refractivity contribution < 1.29 is 24.2 Å². The zero-order valence-corrected chi connectivity index (χ0v) is 17.7. The molecule has 8 heteroatoms. The molecule has 0 aliphatic carbocycles. The molecule has 2 aromatic carbocycles. The standard InChI is InChI=1S/C22H22N2O5S/c1-4-14-5-8-16(9-6-14)23-22-24-20(25)19(30-22)12-15-7-10-17(18(11-15)28-3)29-13(2)21(26)27/h5-13H,4H2,1-3H3,(H,26,27)(H,23,24,25)/b19-12+. The van der Waals surface area contributed by atoms with Crippen LogP contribution in [0.15, 0.2) is 52.4 Å². The zero-order valence-electron chi connectivity index (χ0n) is 16.8. The van der Waals surface area contributed by atoms with Crippen LogP contribution in [-0.2, 0) is 16.0 Å². The van der Waals surface area contributed by atoms with E-state index >= 15 is 0 Å². The summed E-state index contributed by atoms with van der Waals surface area (Å²) in [6.07, 6.45) is 1.66. The molecular formula is C22H22N2O5S. The molecular weight excluding hydrogens is 404 g/mol. The van der Waals surface area contributed by atoms with Gasteiger partial charge in [0.1, 0.15) is 0 Å². The Labute approximate surface area is 178 Å². The van der Waals surface area contributed by atoms with E-state index in [4.69, 9.17) is 14.6 Å². The first-order valence-electron chi connectivity index (χ1n) is 9.35. The molecule has 156 valence electrons. The minimum Gasteiger partial charge on any atom is -0.493 e. The number of hydrogen-bond donors (Lipinski definition) is 2. The van der Waals surface area contributed by atoms with Crippen molar-refractivity contribution in [1.29, 1.82) is 0 Å². The normalized spacial score (nSPS) is 17.1. The van der Waals surface area contributed by atoms with Crippen LogP contribution in [0.5, 0.6) is 11.5 Å². The molecule has 0 aromatic heterocycles. The Morgan fingerprint density at radius 2 is 1.97 bits per heavy atom. The molecule has 0 spiro atoms. The third-order valence-corrected chi connectivity index (χ3v) is 5.27. The number of ether oxygens (including phenoxy) is 2. The molecule has 1 aliphatic heterocycles. The summed E-state index contributed by atoms with van der Waals surface area (Å²) >= 11 is 1.25. The summed E-state index contributed by atoms with van der Waals surface area (Å²) in [5.74, 6) is -0.609. The van der Waals surface area contributed by atoms with Gasteiger partial charge < -0.3 is 19.9 Å². The number of aliphatic carboxylic acids is 1. The second kappa shape index (κ2) is 9.49. The summed E-state index contributed by atoms with van der Waals surface area (Å²) in [5.41, 5.74) is 2.71. The number of amides is 1.